The van der Waals surface area contributed by atoms with Gasteiger partial charge in [-0.1, -0.05) is 55.9 Å². The molecule has 34 heavy (non-hydrogen) atoms. The second-order valence-corrected chi connectivity index (χ2v) is 8.65. The smallest absolute Gasteiger partial charge is 0.255 e. The third-order valence-corrected chi connectivity index (χ3v) is 6.39. The van der Waals surface area contributed by atoms with Crippen LogP contribution in [0.25, 0.3) is 17.1 Å². The molecule has 2 aromatic carbocycles. The standard InChI is InChI=1S/C26H27N5O2S/c1-3-19-9-6-10-20(4-2)24(19)31-25(21-11-7-13-28-15-21)29-30-26(31)34-17-18-8-5-12-22(14-18)33-16-23(27)32/h5-15H,3-4,16-17H2,1-2H3,(H2,27,32). The number of nitrogens with zero attached hydrogens (tertiary/aromatic N) is 4. The molecule has 4 aromatic rings. The van der Waals surface area contributed by atoms with E-state index in [9.17, 15) is 4.79 Å². The first-order chi connectivity index (χ1) is 16.6. The van der Waals surface area contributed by atoms with Gasteiger partial charge in [-0.2, -0.15) is 0 Å². The summed E-state index contributed by atoms with van der Waals surface area (Å²) in [6, 6.07) is 18.0. The first-order valence-electron chi connectivity index (χ1n) is 11.2. The summed E-state index contributed by atoms with van der Waals surface area (Å²) in [5, 5.41) is 9.94. The van der Waals surface area contributed by atoms with Crippen LogP contribution < -0.4 is 10.5 Å². The number of hydrogen-bond donors (Lipinski definition) is 1. The number of hydrogen-bond acceptors (Lipinski definition) is 6. The topological polar surface area (TPSA) is 95.9 Å². The van der Waals surface area contributed by atoms with Crippen molar-refractivity contribution in [2.75, 3.05) is 6.61 Å². The van der Waals surface area contributed by atoms with E-state index in [1.54, 1.807) is 18.0 Å². The molecule has 8 heteroatoms. The summed E-state index contributed by atoms with van der Waals surface area (Å²) in [6.07, 6.45) is 5.37. The number of amides is 1. The molecule has 0 saturated carbocycles. The van der Waals surface area contributed by atoms with Crippen molar-refractivity contribution in [3.63, 3.8) is 0 Å². The largest absolute Gasteiger partial charge is 0.484 e. The molecule has 0 fully saturated rings. The molecule has 0 saturated heterocycles. The molecule has 2 N–H and O–H groups in total. The molecule has 1 amide bonds. The van der Waals surface area contributed by atoms with Crippen molar-refractivity contribution in [1.29, 1.82) is 0 Å². The van der Waals surface area contributed by atoms with E-state index in [4.69, 9.17) is 10.5 Å². The van der Waals surface area contributed by atoms with Gasteiger partial charge in [0.15, 0.2) is 17.6 Å². The number of carbonyl (C=O) groups excluding carboxylic acids is 1. The number of carbonyl (C=O) groups is 1. The van der Waals surface area contributed by atoms with Crippen molar-refractivity contribution in [3.05, 3.63) is 83.7 Å². The number of aromatic nitrogens is 4. The van der Waals surface area contributed by atoms with Crippen molar-refractivity contribution >= 4 is 17.7 Å². The van der Waals surface area contributed by atoms with E-state index in [2.05, 4.69) is 51.8 Å². The summed E-state index contributed by atoms with van der Waals surface area (Å²) in [4.78, 5) is 15.3. The third kappa shape index (κ3) is 5.28. The molecule has 7 nitrogen and oxygen atoms in total. The van der Waals surface area contributed by atoms with E-state index >= 15 is 0 Å². The van der Waals surface area contributed by atoms with Gasteiger partial charge in [-0.15, -0.1) is 10.2 Å². The van der Waals surface area contributed by atoms with Gasteiger partial charge < -0.3 is 10.5 Å². The van der Waals surface area contributed by atoms with Gasteiger partial charge in [0.05, 0.1) is 5.69 Å². The fourth-order valence-electron chi connectivity index (χ4n) is 3.78. The molecular weight excluding hydrogens is 446 g/mol. The number of rotatable bonds is 10. The molecule has 0 radical (unpaired) electrons. The number of nitrogens with two attached hydrogens (primary N) is 1. The summed E-state index contributed by atoms with van der Waals surface area (Å²) in [6.45, 7) is 4.18. The Kier molecular flexibility index (Phi) is 7.59. The highest BCUT2D eigenvalue weighted by atomic mass is 32.2. The van der Waals surface area contributed by atoms with Crippen LogP contribution in [0.5, 0.6) is 5.75 Å². The summed E-state index contributed by atoms with van der Waals surface area (Å²) in [7, 11) is 0. The van der Waals surface area contributed by atoms with E-state index in [-0.39, 0.29) is 6.61 Å². The van der Waals surface area contributed by atoms with Crippen LogP contribution in [0.1, 0.15) is 30.5 Å². The number of benzene rings is 2. The Morgan fingerprint density at radius 2 is 1.79 bits per heavy atom. The Morgan fingerprint density at radius 3 is 2.47 bits per heavy atom. The zero-order chi connectivity index (χ0) is 23.9. The van der Waals surface area contributed by atoms with Crippen LogP contribution in [0.4, 0.5) is 0 Å². The molecule has 4 rings (SSSR count). The van der Waals surface area contributed by atoms with Crippen LogP contribution in [0, 0.1) is 0 Å². The monoisotopic (exact) mass is 473 g/mol. The molecule has 0 spiro atoms. The summed E-state index contributed by atoms with van der Waals surface area (Å²) in [5.41, 5.74) is 10.8. The molecule has 0 aliphatic carbocycles. The Bertz CT molecular complexity index is 1250. The molecule has 2 heterocycles. The number of primary amides is 1. The molecule has 0 unspecified atom stereocenters. The van der Waals surface area contributed by atoms with E-state index in [0.717, 1.165) is 40.6 Å². The van der Waals surface area contributed by atoms with Crippen LogP contribution in [0.15, 0.2) is 72.1 Å². The van der Waals surface area contributed by atoms with Crippen molar-refractivity contribution in [2.24, 2.45) is 5.73 Å². The van der Waals surface area contributed by atoms with Gasteiger partial charge in [-0.05, 0) is 53.8 Å². The lowest BCUT2D eigenvalue weighted by Crippen LogP contribution is -2.20. The van der Waals surface area contributed by atoms with Crippen molar-refractivity contribution in [2.45, 2.75) is 37.6 Å². The van der Waals surface area contributed by atoms with E-state index in [1.807, 2.05) is 42.6 Å². The molecular formula is C26H27N5O2S. The number of para-hydroxylation sites is 1. The minimum Gasteiger partial charge on any atom is -0.484 e. The first kappa shape index (κ1) is 23.5. The maximum absolute atomic E-state index is 11.0. The summed E-state index contributed by atoms with van der Waals surface area (Å²) < 4.78 is 7.61. The second kappa shape index (κ2) is 11.0. The van der Waals surface area contributed by atoms with Crippen molar-refractivity contribution in [3.8, 4) is 22.8 Å². The highest BCUT2D eigenvalue weighted by Crippen LogP contribution is 2.33. The van der Waals surface area contributed by atoms with Crippen LogP contribution >= 0.6 is 11.8 Å². The number of ether oxygens (including phenoxy) is 1. The summed E-state index contributed by atoms with van der Waals surface area (Å²) in [5.74, 6) is 1.54. The van der Waals surface area contributed by atoms with Crippen LogP contribution in [-0.4, -0.2) is 32.3 Å². The van der Waals surface area contributed by atoms with Crippen LogP contribution in [-0.2, 0) is 23.4 Å². The highest BCUT2D eigenvalue weighted by molar-refractivity contribution is 7.98. The lowest BCUT2D eigenvalue weighted by molar-refractivity contribution is -0.119. The first-order valence-corrected chi connectivity index (χ1v) is 12.2. The lowest BCUT2D eigenvalue weighted by Gasteiger charge is -2.18. The van der Waals surface area contributed by atoms with Gasteiger partial charge in [0.1, 0.15) is 5.75 Å². The number of thioether (sulfide) groups is 1. The van der Waals surface area contributed by atoms with E-state index < -0.39 is 5.91 Å². The van der Waals surface area contributed by atoms with Gasteiger partial charge >= 0.3 is 0 Å². The third-order valence-electron chi connectivity index (χ3n) is 5.39. The predicted octanol–water partition coefficient (Wildman–Crippen LogP) is 4.61. The Morgan fingerprint density at radius 1 is 1.03 bits per heavy atom. The maximum Gasteiger partial charge on any atom is 0.255 e. The van der Waals surface area contributed by atoms with Gasteiger partial charge in [0, 0.05) is 23.7 Å². The Labute approximate surface area is 203 Å². The van der Waals surface area contributed by atoms with E-state index in [1.165, 1.54) is 11.1 Å². The fraction of sp³-hybridized carbons (Fsp3) is 0.231. The van der Waals surface area contributed by atoms with Gasteiger partial charge in [0.2, 0.25) is 0 Å². The van der Waals surface area contributed by atoms with Gasteiger partial charge in [-0.25, -0.2) is 0 Å². The lowest BCUT2D eigenvalue weighted by atomic mass is 10.0. The molecule has 0 bridgehead atoms. The average Bonchev–Trinajstić information content (AvgIpc) is 3.30. The zero-order valence-corrected chi connectivity index (χ0v) is 20.1. The average molecular weight is 474 g/mol. The highest BCUT2D eigenvalue weighted by Gasteiger charge is 2.20. The molecule has 2 aromatic heterocycles. The van der Waals surface area contributed by atoms with Gasteiger partial charge in [0.25, 0.3) is 5.91 Å². The minimum atomic E-state index is -0.503. The zero-order valence-electron chi connectivity index (χ0n) is 19.3. The minimum absolute atomic E-state index is 0.146. The fourth-order valence-corrected chi connectivity index (χ4v) is 4.66. The van der Waals surface area contributed by atoms with Gasteiger partial charge in [-0.3, -0.25) is 14.3 Å². The Hall–Kier alpha value is -3.65. The summed E-state index contributed by atoms with van der Waals surface area (Å²) >= 11 is 1.60. The normalized spacial score (nSPS) is 10.9. The van der Waals surface area contributed by atoms with Crippen molar-refractivity contribution in [1.82, 2.24) is 19.7 Å². The molecule has 174 valence electrons. The maximum atomic E-state index is 11.0. The molecule has 0 aliphatic heterocycles. The quantitative estimate of drug-likeness (QED) is 0.338. The number of aryl methyl sites for hydroxylation is 2. The number of pyridine rings is 1. The molecule has 0 aliphatic rings. The SMILES string of the molecule is CCc1cccc(CC)c1-n1c(SCc2cccc(OCC(N)=O)c2)nnc1-c1cccnc1. The van der Waals surface area contributed by atoms with Crippen LogP contribution in [0.3, 0.4) is 0 Å². The Balaban J connectivity index is 1.72. The predicted molar refractivity (Wildman–Crippen MR) is 134 cm³/mol. The second-order valence-electron chi connectivity index (χ2n) is 7.71. The van der Waals surface area contributed by atoms with Crippen molar-refractivity contribution < 1.29 is 9.53 Å². The van der Waals surface area contributed by atoms with E-state index in [0.29, 0.717) is 11.5 Å². The van der Waals surface area contributed by atoms with Crippen LogP contribution in [0.2, 0.25) is 0 Å². The molecule has 0 atom stereocenters.